The van der Waals surface area contributed by atoms with Crippen LogP contribution in [0.2, 0.25) is 0 Å². The number of hydrogen-bond acceptors (Lipinski definition) is 6. The molecule has 1 aromatic carbocycles. The first kappa shape index (κ1) is 17.1. The number of rotatable bonds is 3. The van der Waals surface area contributed by atoms with Crippen molar-refractivity contribution in [1.29, 1.82) is 5.26 Å². The Bertz CT molecular complexity index is 600. The van der Waals surface area contributed by atoms with Crippen LogP contribution in [0.4, 0.5) is 5.69 Å². The predicted octanol–water partition coefficient (Wildman–Crippen LogP) is 2.53. The van der Waals surface area contributed by atoms with Crippen molar-refractivity contribution in [3.63, 3.8) is 0 Å². The van der Waals surface area contributed by atoms with Crippen LogP contribution < -0.4 is 0 Å². The van der Waals surface area contributed by atoms with E-state index in [1.165, 1.54) is 6.92 Å². The number of nitrogens with zero attached hydrogens (tertiary/aromatic N) is 2. The molecule has 0 saturated heterocycles. The van der Waals surface area contributed by atoms with Gasteiger partial charge in [0.15, 0.2) is 11.5 Å². The van der Waals surface area contributed by atoms with Gasteiger partial charge in [0.25, 0.3) is 0 Å². The van der Waals surface area contributed by atoms with Gasteiger partial charge in [-0.05, 0) is 24.6 Å². The number of Topliss-reactive ketones (excluding diaryl/α,β-unsaturated/α-hetero) is 1. The SMILES string of the molecule is CC.CC(=O)/C(C#N)=C/c1cc(O)c(O)c([N+](=O)[O-])c1. The van der Waals surface area contributed by atoms with Gasteiger partial charge in [0, 0.05) is 6.07 Å². The Morgan fingerprint density at radius 1 is 1.40 bits per heavy atom. The number of phenolic OH excluding ortho intramolecular Hbond substituents is 2. The average Bonchev–Trinajstić information content (AvgIpc) is 2.41. The van der Waals surface area contributed by atoms with E-state index < -0.39 is 27.9 Å². The second-order valence-electron chi connectivity index (χ2n) is 3.39. The number of benzene rings is 1. The molecule has 0 fully saturated rings. The Morgan fingerprint density at radius 3 is 2.35 bits per heavy atom. The fourth-order valence-electron chi connectivity index (χ4n) is 1.23. The molecular formula is C13H14N2O5. The lowest BCUT2D eigenvalue weighted by Gasteiger charge is -2.01. The molecule has 7 heteroatoms. The van der Waals surface area contributed by atoms with Crippen molar-refractivity contribution in [3.8, 4) is 17.6 Å². The summed E-state index contributed by atoms with van der Waals surface area (Å²) in [4.78, 5) is 20.7. The number of allylic oxidation sites excluding steroid dienone is 1. The summed E-state index contributed by atoms with van der Waals surface area (Å²) in [6.07, 6.45) is 1.09. The number of aromatic hydroxyl groups is 2. The van der Waals surface area contributed by atoms with Crippen LogP contribution in [0.1, 0.15) is 26.3 Å². The minimum Gasteiger partial charge on any atom is -0.504 e. The molecule has 0 spiro atoms. The van der Waals surface area contributed by atoms with Gasteiger partial charge in [-0.15, -0.1) is 0 Å². The summed E-state index contributed by atoms with van der Waals surface area (Å²) in [5.74, 6) is -2.07. The largest absolute Gasteiger partial charge is 0.504 e. The third kappa shape index (κ3) is 4.10. The fourth-order valence-corrected chi connectivity index (χ4v) is 1.23. The lowest BCUT2D eigenvalue weighted by molar-refractivity contribution is -0.386. The quantitative estimate of drug-likeness (QED) is 0.288. The number of carbonyl (C=O) groups excluding carboxylic acids is 1. The topological polar surface area (TPSA) is 124 Å². The minimum absolute atomic E-state index is 0.0729. The number of carbonyl (C=O) groups is 1. The molecule has 7 nitrogen and oxygen atoms in total. The number of nitriles is 1. The lowest BCUT2D eigenvalue weighted by Crippen LogP contribution is -1.94. The van der Waals surface area contributed by atoms with Crippen LogP contribution in [0.5, 0.6) is 11.5 Å². The van der Waals surface area contributed by atoms with E-state index in [4.69, 9.17) is 5.26 Å². The second-order valence-corrected chi connectivity index (χ2v) is 3.39. The lowest BCUT2D eigenvalue weighted by atomic mass is 10.1. The van der Waals surface area contributed by atoms with Gasteiger partial charge in [-0.1, -0.05) is 13.8 Å². The third-order valence-electron chi connectivity index (χ3n) is 2.10. The summed E-state index contributed by atoms with van der Waals surface area (Å²) in [5.41, 5.74) is -0.847. The summed E-state index contributed by atoms with van der Waals surface area (Å²) in [6, 6.07) is 3.60. The highest BCUT2D eigenvalue weighted by Gasteiger charge is 2.18. The first-order chi connectivity index (χ1) is 9.36. The molecule has 20 heavy (non-hydrogen) atoms. The first-order valence-corrected chi connectivity index (χ1v) is 5.70. The van der Waals surface area contributed by atoms with E-state index in [1.54, 1.807) is 6.07 Å². The van der Waals surface area contributed by atoms with E-state index >= 15 is 0 Å². The van der Waals surface area contributed by atoms with E-state index in [0.717, 1.165) is 18.2 Å². The van der Waals surface area contributed by atoms with Crippen molar-refractivity contribution in [3.05, 3.63) is 33.4 Å². The zero-order valence-corrected chi connectivity index (χ0v) is 11.2. The molecule has 1 aromatic rings. The second kappa shape index (κ2) is 7.53. The van der Waals surface area contributed by atoms with E-state index in [2.05, 4.69) is 0 Å². The molecule has 0 bridgehead atoms. The molecule has 0 saturated carbocycles. The number of nitro groups is 1. The molecule has 0 atom stereocenters. The molecule has 0 unspecified atom stereocenters. The van der Waals surface area contributed by atoms with Crippen LogP contribution >= 0.6 is 0 Å². The molecular weight excluding hydrogens is 264 g/mol. The maximum Gasteiger partial charge on any atom is 0.315 e. The molecule has 0 amide bonds. The summed E-state index contributed by atoms with van der Waals surface area (Å²) in [5, 5.41) is 37.8. The summed E-state index contributed by atoms with van der Waals surface area (Å²) >= 11 is 0. The van der Waals surface area contributed by atoms with Crippen LogP contribution in [0, 0.1) is 21.4 Å². The molecule has 1 rings (SSSR count). The Hall–Kier alpha value is -2.88. The van der Waals surface area contributed by atoms with E-state index in [-0.39, 0.29) is 11.1 Å². The van der Waals surface area contributed by atoms with Crippen molar-refractivity contribution >= 4 is 17.5 Å². The van der Waals surface area contributed by atoms with Crippen molar-refractivity contribution in [2.45, 2.75) is 20.8 Å². The zero-order valence-electron chi connectivity index (χ0n) is 11.2. The fraction of sp³-hybridized carbons (Fsp3) is 0.231. The summed E-state index contributed by atoms with van der Waals surface area (Å²) in [6.45, 7) is 5.17. The highest BCUT2D eigenvalue weighted by atomic mass is 16.6. The number of nitro benzene ring substituents is 1. The van der Waals surface area contributed by atoms with Gasteiger partial charge < -0.3 is 10.2 Å². The minimum atomic E-state index is -0.883. The van der Waals surface area contributed by atoms with E-state index in [9.17, 15) is 25.1 Å². The van der Waals surface area contributed by atoms with Crippen LogP contribution in [0.15, 0.2) is 17.7 Å². The third-order valence-corrected chi connectivity index (χ3v) is 2.10. The standard InChI is InChI=1S/C11H8N2O5.C2H6/c1-6(14)8(5-12)2-7-3-9(13(17)18)11(16)10(15)4-7;1-2/h2-4,15-16H,1H3;1-2H3/b8-2+;. The summed E-state index contributed by atoms with van der Waals surface area (Å²) in [7, 11) is 0. The zero-order chi connectivity index (χ0) is 15.9. The van der Waals surface area contributed by atoms with Crippen LogP contribution in [-0.4, -0.2) is 20.9 Å². The Balaban J connectivity index is 0.00000172. The Morgan fingerprint density at radius 2 is 1.95 bits per heavy atom. The van der Waals surface area contributed by atoms with Crippen molar-refractivity contribution in [1.82, 2.24) is 0 Å². The molecule has 0 heterocycles. The van der Waals surface area contributed by atoms with Crippen LogP contribution in [0.3, 0.4) is 0 Å². The molecule has 0 aliphatic rings. The highest BCUT2D eigenvalue weighted by molar-refractivity contribution is 6.01. The van der Waals surface area contributed by atoms with Gasteiger partial charge in [0.05, 0.1) is 10.5 Å². The molecule has 0 aliphatic carbocycles. The normalized spacial score (nSPS) is 10.0. The number of ketones is 1. The molecule has 2 N–H and O–H groups in total. The molecule has 106 valence electrons. The van der Waals surface area contributed by atoms with Gasteiger partial charge in [-0.25, -0.2) is 0 Å². The number of hydrogen-bond donors (Lipinski definition) is 2. The smallest absolute Gasteiger partial charge is 0.315 e. The average molecular weight is 278 g/mol. The summed E-state index contributed by atoms with van der Waals surface area (Å²) < 4.78 is 0. The maximum atomic E-state index is 11.0. The molecule has 0 aliphatic heterocycles. The highest BCUT2D eigenvalue weighted by Crippen LogP contribution is 2.36. The van der Waals surface area contributed by atoms with Crippen molar-refractivity contribution in [2.75, 3.05) is 0 Å². The van der Waals surface area contributed by atoms with Crippen molar-refractivity contribution < 1.29 is 19.9 Å². The first-order valence-electron chi connectivity index (χ1n) is 5.70. The van der Waals surface area contributed by atoms with Crippen LogP contribution in [0.25, 0.3) is 6.08 Å². The van der Waals surface area contributed by atoms with Crippen LogP contribution in [-0.2, 0) is 4.79 Å². The number of phenols is 2. The Labute approximate surface area is 115 Å². The van der Waals surface area contributed by atoms with Crippen molar-refractivity contribution in [2.24, 2.45) is 0 Å². The Kier molecular flexibility index (Phi) is 6.45. The van der Waals surface area contributed by atoms with Gasteiger partial charge in [-0.3, -0.25) is 14.9 Å². The van der Waals surface area contributed by atoms with E-state index in [0.29, 0.717) is 0 Å². The predicted molar refractivity (Wildman–Crippen MR) is 72.0 cm³/mol. The van der Waals surface area contributed by atoms with E-state index in [1.807, 2.05) is 13.8 Å². The molecule has 0 aromatic heterocycles. The van der Waals surface area contributed by atoms with Gasteiger partial charge in [0.2, 0.25) is 5.75 Å². The van der Waals surface area contributed by atoms with Gasteiger partial charge in [-0.2, -0.15) is 5.26 Å². The van der Waals surface area contributed by atoms with Gasteiger partial charge in [0.1, 0.15) is 6.07 Å². The van der Waals surface area contributed by atoms with Gasteiger partial charge >= 0.3 is 5.69 Å². The monoisotopic (exact) mass is 278 g/mol. The molecule has 0 radical (unpaired) electrons. The maximum absolute atomic E-state index is 11.0.